The van der Waals surface area contributed by atoms with E-state index in [0.717, 1.165) is 34.9 Å². The van der Waals surface area contributed by atoms with Gasteiger partial charge in [0.15, 0.2) is 0 Å². The summed E-state index contributed by atoms with van der Waals surface area (Å²) in [6.45, 7) is 5.04. The van der Waals surface area contributed by atoms with Crippen molar-refractivity contribution in [2.24, 2.45) is 0 Å². The Morgan fingerprint density at radius 1 is 1.44 bits per heavy atom. The Morgan fingerprint density at radius 2 is 2.28 bits per heavy atom. The lowest BCUT2D eigenvalue weighted by Gasteiger charge is -2.17. The molecule has 0 saturated heterocycles. The normalized spacial score (nSPS) is 12.6. The molecule has 5 heteroatoms. The summed E-state index contributed by atoms with van der Waals surface area (Å²) in [4.78, 5) is 4.23. The zero-order valence-corrected chi connectivity index (χ0v) is 11.3. The highest BCUT2D eigenvalue weighted by atomic mass is 35.5. The molecule has 0 aliphatic rings. The SMILES string of the molecule is CCCNC(c1ccc(C)c(Cl)c1)c1ncn[nH]1. The van der Waals surface area contributed by atoms with Gasteiger partial charge in [-0.05, 0) is 37.1 Å². The van der Waals surface area contributed by atoms with Crippen molar-refractivity contribution in [1.29, 1.82) is 0 Å². The maximum atomic E-state index is 6.18. The quantitative estimate of drug-likeness (QED) is 0.873. The molecule has 0 spiro atoms. The Balaban J connectivity index is 2.30. The average Bonchev–Trinajstić information content (AvgIpc) is 2.88. The number of rotatable bonds is 5. The monoisotopic (exact) mass is 264 g/mol. The Morgan fingerprint density at radius 3 is 2.89 bits per heavy atom. The van der Waals surface area contributed by atoms with Gasteiger partial charge in [-0.25, -0.2) is 4.98 Å². The van der Waals surface area contributed by atoms with E-state index in [1.165, 1.54) is 6.33 Å². The van der Waals surface area contributed by atoms with Gasteiger partial charge in [0, 0.05) is 5.02 Å². The van der Waals surface area contributed by atoms with Gasteiger partial charge >= 0.3 is 0 Å². The molecule has 0 aliphatic heterocycles. The van der Waals surface area contributed by atoms with Crippen LogP contribution in [0.2, 0.25) is 5.02 Å². The predicted octanol–water partition coefficient (Wildman–Crippen LogP) is 2.86. The Kier molecular flexibility index (Phi) is 4.33. The van der Waals surface area contributed by atoms with E-state index in [2.05, 4.69) is 33.5 Å². The number of hydrogen-bond acceptors (Lipinski definition) is 3. The van der Waals surface area contributed by atoms with E-state index in [9.17, 15) is 0 Å². The molecule has 0 bridgehead atoms. The van der Waals surface area contributed by atoms with E-state index in [-0.39, 0.29) is 6.04 Å². The van der Waals surface area contributed by atoms with Gasteiger partial charge in [-0.2, -0.15) is 5.10 Å². The van der Waals surface area contributed by atoms with Crippen LogP contribution >= 0.6 is 11.6 Å². The van der Waals surface area contributed by atoms with Crippen molar-refractivity contribution in [3.8, 4) is 0 Å². The molecule has 96 valence electrons. The summed E-state index contributed by atoms with van der Waals surface area (Å²) in [5.74, 6) is 0.809. The minimum absolute atomic E-state index is 0.00514. The Labute approximate surface area is 112 Å². The van der Waals surface area contributed by atoms with Gasteiger partial charge in [0.05, 0.1) is 6.04 Å². The van der Waals surface area contributed by atoms with Crippen molar-refractivity contribution in [3.63, 3.8) is 0 Å². The van der Waals surface area contributed by atoms with E-state index in [4.69, 9.17) is 11.6 Å². The lowest BCUT2D eigenvalue weighted by atomic mass is 10.0. The number of halogens is 1. The second kappa shape index (κ2) is 5.98. The van der Waals surface area contributed by atoms with E-state index >= 15 is 0 Å². The van der Waals surface area contributed by atoms with Crippen LogP contribution in [0.1, 0.15) is 36.3 Å². The van der Waals surface area contributed by atoms with Crippen LogP contribution in [-0.2, 0) is 0 Å². The molecule has 0 radical (unpaired) electrons. The van der Waals surface area contributed by atoms with Gasteiger partial charge in [0.1, 0.15) is 12.2 Å². The van der Waals surface area contributed by atoms with Gasteiger partial charge in [0.2, 0.25) is 0 Å². The highest BCUT2D eigenvalue weighted by Gasteiger charge is 2.16. The van der Waals surface area contributed by atoms with Crippen molar-refractivity contribution < 1.29 is 0 Å². The number of nitrogens with zero attached hydrogens (tertiary/aromatic N) is 2. The lowest BCUT2D eigenvalue weighted by molar-refractivity contribution is 0.574. The number of H-pyrrole nitrogens is 1. The number of hydrogen-bond donors (Lipinski definition) is 2. The number of nitrogens with one attached hydrogen (secondary N) is 2. The third kappa shape index (κ3) is 2.89. The summed E-state index contributed by atoms with van der Waals surface area (Å²) in [6, 6.07) is 6.07. The molecule has 2 N–H and O–H groups in total. The van der Waals surface area contributed by atoms with Crippen LogP contribution in [0.25, 0.3) is 0 Å². The van der Waals surface area contributed by atoms with E-state index in [1.54, 1.807) is 0 Å². The first kappa shape index (κ1) is 13.1. The first-order chi connectivity index (χ1) is 8.72. The molecule has 0 amide bonds. The number of aryl methyl sites for hydroxylation is 1. The molecule has 1 aromatic heterocycles. The maximum absolute atomic E-state index is 6.18. The summed E-state index contributed by atoms with van der Waals surface area (Å²) in [7, 11) is 0. The van der Waals surface area contributed by atoms with E-state index < -0.39 is 0 Å². The lowest BCUT2D eigenvalue weighted by Crippen LogP contribution is -2.24. The summed E-state index contributed by atoms with van der Waals surface area (Å²) in [5, 5.41) is 11.0. The predicted molar refractivity (Wildman–Crippen MR) is 72.7 cm³/mol. The number of aromatic nitrogens is 3. The zero-order valence-electron chi connectivity index (χ0n) is 10.6. The molecule has 1 atom stereocenters. The summed E-state index contributed by atoms with van der Waals surface area (Å²) < 4.78 is 0. The van der Waals surface area contributed by atoms with Gasteiger partial charge < -0.3 is 5.32 Å². The molecule has 4 nitrogen and oxygen atoms in total. The second-order valence-electron chi connectivity index (χ2n) is 4.27. The summed E-state index contributed by atoms with van der Waals surface area (Å²) in [6.07, 6.45) is 2.58. The minimum Gasteiger partial charge on any atom is -0.304 e. The maximum Gasteiger partial charge on any atom is 0.145 e. The molecule has 0 saturated carbocycles. The number of benzene rings is 1. The van der Waals surface area contributed by atoms with Gasteiger partial charge in [0.25, 0.3) is 0 Å². The highest BCUT2D eigenvalue weighted by molar-refractivity contribution is 6.31. The molecule has 0 fully saturated rings. The molecular weight excluding hydrogens is 248 g/mol. The van der Waals surface area contributed by atoms with Crippen LogP contribution in [0.4, 0.5) is 0 Å². The third-order valence-electron chi connectivity index (χ3n) is 2.83. The Bertz CT molecular complexity index is 496. The van der Waals surface area contributed by atoms with Crippen LogP contribution in [0.3, 0.4) is 0 Å². The van der Waals surface area contributed by atoms with Crippen LogP contribution < -0.4 is 5.32 Å². The van der Waals surface area contributed by atoms with Crippen LogP contribution in [0, 0.1) is 6.92 Å². The number of aromatic amines is 1. The van der Waals surface area contributed by atoms with Crippen LogP contribution in [0.5, 0.6) is 0 Å². The molecule has 2 aromatic rings. The van der Waals surface area contributed by atoms with Crippen molar-refractivity contribution >= 4 is 11.6 Å². The fraction of sp³-hybridized carbons (Fsp3) is 0.385. The molecular formula is C13H17ClN4. The van der Waals surface area contributed by atoms with E-state index in [0.29, 0.717) is 0 Å². The molecule has 1 aromatic carbocycles. The molecule has 1 unspecified atom stereocenters. The fourth-order valence-electron chi connectivity index (χ4n) is 1.80. The Hall–Kier alpha value is -1.39. The molecule has 1 heterocycles. The highest BCUT2D eigenvalue weighted by Crippen LogP contribution is 2.24. The zero-order chi connectivity index (χ0) is 13.0. The molecule has 2 rings (SSSR count). The smallest absolute Gasteiger partial charge is 0.145 e. The summed E-state index contributed by atoms with van der Waals surface area (Å²) in [5.41, 5.74) is 2.17. The fourth-order valence-corrected chi connectivity index (χ4v) is 1.99. The van der Waals surface area contributed by atoms with Gasteiger partial charge in [-0.1, -0.05) is 30.7 Å². The first-order valence-corrected chi connectivity index (χ1v) is 6.45. The van der Waals surface area contributed by atoms with Crippen LogP contribution in [0.15, 0.2) is 24.5 Å². The van der Waals surface area contributed by atoms with Crippen LogP contribution in [-0.4, -0.2) is 21.7 Å². The van der Waals surface area contributed by atoms with Crippen molar-refractivity contribution in [1.82, 2.24) is 20.5 Å². The first-order valence-electron chi connectivity index (χ1n) is 6.07. The van der Waals surface area contributed by atoms with Crippen molar-refractivity contribution in [2.45, 2.75) is 26.3 Å². The van der Waals surface area contributed by atoms with Crippen molar-refractivity contribution in [3.05, 3.63) is 46.5 Å². The molecule has 18 heavy (non-hydrogen) atoms. The standard InChI is InChI=1S/C13H17ClN4/c1-3-6-15-12(13-16-8-17-18-13)10-5-4-9(2)11(14)7-10/h4-5,7-8,12,15H,3,6H2,1-2H3,(H,16,17,18). The van der Waals surface area contributed by atoms with Crippen molar-refractivity contribution in [2.75, 3.05) is 6.54 Å². The second-order valence-corrected chi connectivity index (χ2v) is 4.67. The summed E-state index contributed by atoms with van der Waals surface area (Å²) >= 11 is 6.18. The van der Waals surface area contributed by atoms with Gasteiger partial charge in [-0.15, -0.1) is 0 Å². The minimum atomic E-state index is 0.00514. The third-order valence-corrected chi connectivity index (χ3v) is 3.24. The van der Waals surface area contributed by atoms with E-state index in [1.807, 2.05) is 19.1 Å². The topological polar surface area (TPSA) is 53.6 Å². The largest absolute Gasteiger partial charge is 0.304 e. The van der Waals surface area contributed by atoms with Gasteiger partial charge in [-0.3, -0.25) is 5.10 Å². The average molecular weight is 265 g/mol. The molecule has 0 aliphatic carbocycles.